The van der Waals surface area contributed by atoms with Gasteiger partial charge in [-0.1, -0.05) is 12.1 Å². The summed E-state index contributed by atoms with van der Waals surface area (Å²) >= 11 is 0. The molecule has 0 unspecified atom stereocenters. The highest BCUT2D eigenvalue weighted by molar-refractivity contribution is 5.91. The molecule has 1 fully saturated rings. The van der Waals surface area contributed by atoms with Crippen LogP contribution in [0.4, 0.5) is 0 Å². The monoisotopic (exact) mass is 330 g/mol. The molecule has 0 radical (unpaired) electrons. The molecular weight excluding hydrogens is 308 g/mol. The first-order chi connectivity index (χ1) is 11.6. The van der Waals surface area contributed by atoms with E-state index in [-0.39, 0.29) is 11.7 Å². The summed E-state index contributed by atoms with van der Waals surface area (Å²) in [5, 5.41) is 6.58. The van der Waals surface area contributed by atoms with Crippen molar-refractivity contribution in [2.45, 2.75) is 51.7 Å². The number of carbonyl (C=O) groups is 1. The van der Waals surface area contributed by atoms with Gasteiger partial charge in [-0.25, -0.2) is 9.97 Å². The maximum absolute atomic E-state index is 12.0. The van der Waals surface area contributed by atoms with E-state index in [2.05, 4.69) is 20.4 Å². The number of amides is 1. The number of nitrogens with zero attached hydrogens (tertiary/aromatic N) is 3. The third kappa shape index (κ3) is 3.62. The van der Waals surface area contributed by atoms with Crippen molar-refractivity contribution in [1.82, 2.24) is 20.4 Å². The SMILES string of the molecule is CCc1cc(C(=O)NCc2cnc([C@]3(C)CCCCO3)nc2)on1. The molecule has 0 saturated carbocycles. The van der Waals surface area contributed by atoms with Gasteiger partial charge in [-0.05, 0) is 32.6 Å². The van der Waals surface area contributed by atoms with Crippen molar-refractivity contribution in [1.29, 1.82) is 0 Å². The highest BCUT2D eigenvalue weighted by atomic mass is 16.5. The van der Waals surface area contributed by atoms with Crippen molar-refractivity contribution >= 4 is 5.91 Å². The van der Waals surface area contributed by atoms with Crippen LogP contribution in [0.1, 0.15) is 60.7 Å². The number of carbonyl (C=O) groups excluding carboxylic acids is 1. The fourth-order valence-electron chi connectivity index (χ4n) is 2.68. The molecule has 1 saturated heterocycles. The maximum atomic E-state index is 12.0. The number of aryl methyl sites for hydroxylation is 1. The maximum Gasteiger partial charge on any atom is 0.290 e. The summed E-state index contributed by atoms with van der Waals surface area (Å²) in [5.74, 6) is 0.612. The fourth-order valence-corrected chi connectivity index (χ4v) is 2.68. The Balaban J connectivity index is 1.59. The highest BCUT2D eigenvalue weighted by Crippen LogP contribution is 2.32. The van der Waals surface area contributed by atoms with Crippen molar-refractivity contribution in [3.63, 3.8) is 0 Å². The molecule has 0 spiro atoms. The van der Waals surface area contributed by atoms with E-state index in [0.29, 0.717) is 12.4 Å². The zero-order chi connectivity index (χ0) is 17.0. The summed E-state index contributed by atoms with van der Waals surface area (Å²) in [7, 11) is 0. The fraction of sp³-hybridized carbons (Fsp3) is 0.529. The van der Waals surface area contributed by atoms with Crippen molar-refractivity contribution < 1.29 is 14.1 Å². The van der Waals surface area contributed by atoms with Gasteiger partial charge in [0.25, 0.3) is 5.91 Å². The Kier molecular flexibility index (Phi) is 4.89. The summed E-state index contributed by atoms with van der Waals surface area (Å²) in [6.07, 6.45) is 7.31. The predicted molar refractivity (Wildman–Crippen MR) is 86.2 cm³/mol. The van der Waals surface area contributed by atoms with E-state index < -0.39 is 5.60 Å². The lowest BCUT2D eigenvalue weighted by atomic mass is 9.95. The average molecular weight is 330 g/mol. The molecule has 1 aliphatic heterocycles. The van der Waals surface area contributed by atoms with Crippen molar-refractivity contribution in [2.24, 2.45) is 0 Å². The zero-order valence-corrected chi connectivity index (χ0v) is 14.0. The van der Waals surface area contributed by atoms with Crippen LogP contribution in [-0.4, -0.2) is 27.6 Å². The smallest absolute Gasteiger partial charge is 0.290 e. The van der Waals surface area contributed by atoms with E-state index in [1.54, 1.807) is 18.5 Å². The first kappa shape index (κ1) is 16.6. The number of ether oxygens (including phenoxy) is 1. The molecule has 2 aromatic rings. The molecule has 1 amide bonds. The van der Waals surface area contributed by atoms with Gasteiger partial charge in [0.05, 0.1) is 5.69 Å². The number of hydrogen-bond donors (Lipinski definition) is 1. The highest BCUT2D eigenvalue weighted by Gasteiger charge is 2.32. The standard InChI is InChI=1S/C17H22N4O3/c1-3-13-8-14(24-21-13)15(22)18-9-12-10-19-16(20-11-12)17(2)6-4-5-7-23-17/h8,10-11H,3-7,9H2,1-2H3,(H,18,22)/t17-/m0/s1. The minimum Gasteiger partial charge on any atom is -0.367 e. The van der Waals surface area contributed by atoms with Crippen LogP contribution in [-0.2, 0) is 23.3 Å². The normalized spacial score (nSPS) is 20.8. The first-order valence-corrected chi connectivity index (χ1v) is 8.30. The van der Waals surface area contributed by atoms with Crippen LogP contribution in [0.15, 0.2) is 23.0 Å². The van der Waals surface area contributed by atoms with Crippen LogP contribution in [0.25, 0.3) is 0 Å². The summed E-state index contributed by atoms with van der Waals surface area (Å²) in [6, 6.07) is 1.65. The van der Waals surface area contributed by atoms with Crippen molar-refractivity contribution in [3.8, 4) is 0 Å². The van der Waals surface area contributed by atoms with E-state index in [4.69, 9.17) is 9.26 Å². The summed E-state index contributed by atoms with van der Waals surface area (Å²) in [4.78, 5) is 20.8. The Labute approximate surface area is 140 Å². The van der Waals surface area contributed by atoms with Gasteiger partial charge < -0.3 is 14.6 Å². The third-order valence-corrected chi connectivity index (χ3v) is 4.25. The van der Waals surface area contributed by atoms with E-state index in [0.717, 1.165) is 43.5 Å². The molecular formula is C17H22N4O3. The van der Waals surface area contributed by atoms with Gasteiger partial charge in [-0.2, -0.15) is 0 Å². The lowest BCUT2D eigenvalue weighted by Gasteiger charge is -2.32. The second-order valence-corrected chi connectivity index (χ2v) is 6.17. The molecule has 3 heterocycles. The van der Waals surface area contributed by atoms with Gasteiger partial charge in [0, 0.05) is 37.2 Å². The van der Waals surface area contributed by atoms with Gasteiger partial charge >= 0.3 is 0 Å². The Morgan fingerprint density at radius 3 is 2.75 bits per heavy atom. The first-order valence-electron chi connectivity index (χ1n) is 8.30. The van der Waals surface area contributed by atoms with Gasteiger partial charge in [0.2, 0.25) is 5.76 Å². The molecule has 3 rings (SSSR count). The van der Waals surface area contributed by atoms with Crippen LogP contribution in [0.5, 0.6) is 0 Å². The molecule has 0 aliphatic carbocycles. The average Bonchev–Trinajstić information content (AvgIpc) is 3.10. The number of nitrogens with one attached hydrogen (secondary N) is 1. The molecule has 1 aliphatic rings. The Morgan fingerprint density at radius 2 is 2.12 bits per heavy atom. The second-order valence-electron chi connectivity index (χ2n) is 6.17. The van der Waals surface area contributed by atoms with E-state index in [9.17, 15) is 4.79 Å². The van der Waals surface area contributed by atoms with Gasteiger partial charge in [0.1, 0.15) is 5.60 Å². The van der Waals surface area contributed by atoms with Gasteiger partial charge in [-0.15, -0.1) is 0 Å². The number of rotatable bonds is 5. The van der Waals surface area contributed by atoms with Crippen molar-refractivity contribution in [3.05, 3.63) is 41.3 Å². The van der Waals surface area contributed by atoms with Crippen LogP contribution in [0.2, 0.25) is 0 Å². The zero-order valence-electron chi connectivity index (χ0n) is 14.0. The largest absolute Gasteiger partial charge is 0.367 e. The topological polar surface area (TPSA) is 90.1 Å². The molecule has 7 nitrogen and oxygen atoms in total. The Morgan fingerprint density at radius 1 is 1.33 bits per heavy atom. The minimum absolute atomic E-state index is 0.215. The molecule has 1 N–H and O–H groups in total. The molecule has 128 valence electrons. The summed E-state index contributed by atoms with van der Waals surface area (Å²) < 4.78 is 10.9. The van der Waals surface area contributed by atoms with Gasteiger partial charge in [0.15, 0.2) is 5.82 Å². The lowest BCUT2D eigenvalue weighted by Crippen LogP contribution is -2.32. The quantitative estimate of drug-likeness (QED) is 0.905. The molecule has 0 bridgehead atoms. The van der Waals surface area contributed by atoms with E-state index >= 15 is 0 Å². The Hall–Kier alpha value is -2.28. The lowest BCUT2D eigenvalue weighted by molar-refractivity contribution is -0.0760. The van der Waals surface area contributed by atoms with Gasteiger partial charge in [-0.3, -0.25) is 4.79 Å². The van der Waals surface area contributed by atoms with E-state index in [1.807, 2.05) is 13.8 Å². The minimum atomic E-state index is -0.406. The molecule has 1 atom stereocenters. The summed E-state index contributed by atoms with van der Waals surface area (Å²) in [6.45, 7) is 5.06. The molecule has 2 aromatic heterocycles. The number of aromatic nitrogens is 3. The third-order valence-electron chi connectivity index (χ3n) is 4.25. The second kappa shape index (κ2) is 7.09. The van der Waals surface area contributed by atoms with Crippen LogP contribution in [0.3, 0.4) is 0 Å². The van der Waals surface area contributed by atoms with Crippen LogP contribution >= 0.6 is 0 Å². The van der Waals surface area contributed by atoms with E-state index in [1.165, 1.54) is 0 Å². The number of hydrogen-bond acceptors (Lipinski definition) is 6. The Bertz CT molecular complexity index is 690. The summed E-state index contributed by atoms with van der Waals surface area (Å²) in [5.41, 5.74) is 1.17. The molecule has 24 heavy (non-hydrogen) atoms. The van der Waals surface area contributed by atoms with Crippen molar-refractivity contribution in [2.75, 3.05) is 6.61 Å². The predicted octanol–water partition coefficient (Wildman–Crippen LogP) is 2.37. The molecule has 0 aromatic carbocycles. The molecule has 7 heteroatoms. The van der Waals surface area contributed by atoms with Crippen LogP contribution < -0.4 is 5.32 Å². The van der Waals surface area contributed by atoms with Crippen LogP contribution in [0, 0.1) is 0 Å².